The van der Waals surface area contributed by atoms with Crippen LogP contribution < -0.4 is 10.0 Å². The van der Waals surface area contributed by atoms with Crippen LogP contribution in [0.4, 0.5) is 0 Å². The summed E-state index contributed by atoms with van der Waals surface area (Å²) in [6.45, 7) is 3.05. The standard InChI is InChI=1S/C13H17N3O2S.ClH/c1-10-7-11(8-14)4-5-13(10)19(17,18)16-9-12-3-2-6-15-12;/h4-5,7,12,15-16H,2-3,6,9H2,1H3;1H. The van der Waals surface area contributed by atoms with Gasteiger partial charge in [0.1, 0.15) is 0 Å². The molecule has 2 N–H and O–H groups in total. The van der Waals surface area contributed by atoms with E-state index in [0.717, 1.165) is 19.4 Å². The smallest absolute Gasteiger partial charge is 0.240 e. The Balaban J connectivity index is 0.00000200. The molecular formula is C13H18ClN3O2S. The summed E-state index contributed by atoms with van der Waals surface area (Å²) in [4.78, 5) is 0.240. The Morgan fingerprint density at radius 1 is 1.50 bits per heavy atom. The molecule has 0 spiro atoms. The van der Waals surface area contributed by atoms with E-state index >= 15 is 0 Å². The van der Waals surface area contributed by atoms with Crippen LogP contribution in [-0.2, 0) is 10.0 Å². The van der Waals surface area contributed by atoms with E-state index in [0.29, 0.717) is 17.7 Å². The van der Waals surface area contributed by atoms with Crippen LogP contribution in [-0.4, -0.2) is 27.5 Å². The Kier molecular flexibility index (Phi) is 5.96. The van der Waals surface area contributed by atoms with Gasteiger partial charge in [0.15, 0.2) is 0 Å². The predicted molar refractivity (Wildman–Crippen MR) is 79.4 cm³/mol. The number of nitrogens with one attached hydrogen (secondary N) is 2. The molecule has 1 unspecified atom stereocenters. The molecule has 1 aromatic rings. The third kappa shape index (κ3) is 3.93. The first-order valence-electron chi connectivity index (χ1n) is 6.27. The van der Waals surface area contributed by atoms with Gasteiger partial charge in [0.25, 0.3) is 0 Å². The minimum Gasteiger partial charge on any atom is -0.313 e. The minimum absolute atomic E-state index is 0. The molecule has 2 rings (SSSR count). The number of hydrogen-bond donors (Lipinski definition) is 2. The number of aryl methyl sites for hydroxylation is 1. The van der Waals surface area contributed by atoms with Gasteiger partial charge in [-0.25, -0.2) is 13.1 Å². The average molecular weight is 316 g/mol. The summed E-state index contributed by atoms with van der Waals surface area (Å²) < 4.78 is 27.0. The van der Waals surface area contributed by atoms with Gasteiger partial charge in [-0.2, -0.15) is 5.26 Å². The van der Waals surface area contributed by atoms with E-state index in [-0.39, 0.29) is 23.3 Å². The average Bonchev–Trinajstić information content (AvgIpc) is 2.89. The molecule has 1 aromatic carbocycles. The molecule has 1 fully saturated rings. The summed E-state index contributed by atoms with van der Waals surface area (Å²) in [7, 11) is -3.50. The molecule has 0 amide bonds. The first-order chi connectivity index (χ1) is 9.03. The van der Waals surface area contributed by atoms with E-state index < -0.39 is 10.0 Å². The first-order valence-corrected chi connectivity index (χ1v) is 7.75. The van der Waals surface area contributed by atoms with Crippen LogP contribution in [0.5, 0.6) is 0 Å². The maximum atomic E-state index is 12.2. The van der Waals surface area contributed by atoms with Gasteiger partial charge in [0, 0.05) is 12.6 Å². The number of nitrogens with zero attached hydrogens (tertiary/aromatic N) is 1. The van der Waals surface area contributed by atoms with Crippen LogP contribution in [0, 0.1) is 18.3 Å². The summed E-state index contributed by atoms with van der Waals surface area (Å²) in [5.74, 6) is 0. The highest BCUT2D eigenvalue weighted by atomic mass is 35.5. The fourth-order valence-electron chi connectivity index (χ4n) is 2.24. The quantitative estimate of drug-likeness (QED) is 0.878. The van der Waals surface area contributed by atoms with Gasteiger partial charge in [-0.3, -0.25) is 0 Å². The highest BCUT2D eigenvalue weighted by Crippen LogP contribution is 2.16. The van der Waals surface area contributed by atoms with Gasteiger partial charge in [-0.05, 0) is 50.1 Å². The van der Waals surface area contributed by atoms with Crippen LogP contribution in [0.25, 0.3) is 0 Å². The molecule has 1 aliphatic heterocycles. The number of halogens is 1. The summed E-state index contributed by atoms with van der Waals surface area (Å²) in [5.41, 5.74) is 1.06. The van der Waals surface area contributed by atoms with Crippen molar-refractivity contribution in [2.24, 2.45) is 0 Å². The van der Waals surface area contributed by atoms with Gasteiger partial charge in [-0.1, -0.05) is 0 Å². The molecule has 110 valence electrons. The van der Waals surface area contributed by atoms with Gasteiger partial charge in [-0.15, -0.1) is 12.4 Å². The second-order valence-electron chi connectivity index (χ2n) is 4.74. The van der Waals surface area contributed by atoms with E-state index in [9.17, 15) is 8.42 Å². The maximum Gasteiger partial charge on any atom is 0.240 e. The van der Waals surface area contributed by atoms with Crippen LogP contribution >= 0.6 is 12.4 Å². The normalized spacial score (nSPS) is 18.3. The number of hydrogen-bond acceptors (Lipinski definition) is 4. The molecule has 0 aliphatic carbocycles. The molecule has 7 heteroatoms. The Bertz CT molecular complexity index is 605. The molecule has 0 saturated carbocycles. The highest BCUT2D eigenvalue weighted by Gasteiger charge is 2.20. The number of nitriles is 1. The Labute approximate surface area is 125 Å². The SMILES string of the molecule is Cc1cc(C#N)ccc1S(=O)(=O)NCC1CCCN1.Cl. The van der Waals surface area contributed by atoms with Gasteiger partial charge >= 0.3 is 0 Å². The van der Waals surface area contributed by atoms with Crippen molar-refractivity contribution >= 4 is 22.4 Å². The van der Waals surface area contributed by atoms with Crippen molar-refractivity contribution in [1.29, 1.82) is 5.26 Å². The van der Waals surface area contributed by atoms with E-state index in [1.165, 1.54) is 12.1 Å². The van der Waals surface area contributed by atoms with Crippen LogP contribution in [0.1, 0.15) is 24.0 Å². The zero-order chi connectivity index (χ0) is 13.9. The summed E-state index contributed by atoms with van der Waals surface area (Å²) in [6.07, 6.45) is 2.08. The lowest BCUT2D eigenvalue weighted by Gasteiger charge is -2.13. The number of rotatable bonds is 4. The summed E-state index contributed by atoms with van der Waals surface area (Å²) >= 11 is 0. The van der Waals surface area contributed by atoms with Crippen molar-refractivity contribution in [2.45, 2.75) is 30.7 Å². The Hall–Kier alpha value is -1.13. The first kappa shape index (κ1) is 16.9. The maximum absolute atomic E-state index is 12.2. The van der Waals surface area contributed by atoms with E-state index in [2.05, 4.69) is 10.0 Å². The van der Waals surface area contributed by atoms with Crippen molar-refractivity contribution in [3.63, 3.8) is 0 Å². The lowest BCUT2D eigenvalue weighted by Crippen LogP contribution is -2.37. The Morgan fingerprint density at radius 2 is 2.25 bits per heavy atom. The second kappa shape index (κ2) is 7.04. The zero-order valence-electron chi connectivity index (χ0n) is 11.2. The van der Waals surface area contributed by atoms with E-state index in [4.69, 9.17) is 5.26 Å². The molecule has 1 aliphatic rings. The second-order valence-corrected chi connectivity index (χ2v) is 6.47. The molecule has 5 nitrogen and oxygen atoms in total. The monoisotopic (exact) mass is 315 g/mol. The van der Waals surface area contributed by atoms with Gasteiger partial charge in [0.05, 0.1) is 16.5 Å². The molecule has 0 bridgehead atoms. The largest absolute Gasteiger partial charge is 0.313 e. The van der Waals surface area contributed by atoms with Crippen LogP contribution in [0.3, 0.4) is 0 Å². The molecule has 1 atom stereocenters. The van der Waals surface area contributed by atoms with Gasteiger partial charge < -0.3 is 5.32 Å². The molecular weight excluding hydrogens is 298 g/mol. The molecule has 0 aromatic heterocycles. The fraction of sp³-hybridized carbons (Fsp3) is 0.462. The van der Waals surface area contributed by atoms with Crippen molar-refractivity contribution < 1.29 is 8.42 Å². The zero-order valence-corrected chi connectivity index (χ0v) is 12.9. The van der Waals surface area contributed by atoms with Crippen molar-refractivity contribution in [2.75, 3.05) is 13.1 Å². The van der Waals surface area contributed by atoms with Crippen molar-refractivity contribution in [3.05, 3.63) is 29.3 Å². The van der Waals surface area contributed by atoms with Crippen LogP contribution in [0.2, 0.25) is 0 Å². The minimum atomic E-state index is -3.50. The van der Waals surface area contributed by atoms with E-state index in [1.807, 2.05) is 6.07 Å². The highest BCUT2D eigenvalue weighted by molar-refractivity contribution is 7.89. The fourth-order valence-corrected chi connectivity index (χ4v) is 3.55. The summed E-state index contributed by atoms with van der Waals surface area (Å²) in [5, 5.41) is 12.0. The predicted octanol–water partition coefficient (Wildman–Crippen LogP) is 1.32. The molecule has 1 heterocycles. The van der Waals surface area contributed by atoms with Crippen molar-refractivity contribution in [3.8, 4) is 6.07 Å². The third-order valence-electron chi connectivity index (χ3n) is 3.28. The number of benzene rings is 1. The topological polar surface area (TPSA) is 82.0 Å². The van der Waals surface area contributed by atoms with Gasteiger partial charge in [0.2, 0.25) is 10.0 Å². The third-order valence-corrected chi connectivity index (χ3v) is 4.86. The van der Waals surface area contributed by atoms with Crippen LogP contribution in [0.15, 0.2) is 23.1 Å². The summed E-state index contributed by atoms with van der Waals surface area (Å²) in [6, 6.07) is 6.81. The number of sulfonamides is 1. The molecule has 1 saturated heterocycles. The van der Waals surface area contributed by atoms with Crippen molar-refractivity contribution in [1.82, 2.24) is 10.0 Å². The molecule has 0 radical (unpaired) electrons. The lowest BCUT2D eigenvalue weighted by molar-refractivity contribution is 0.551. The Morgan fingerprint density at radius 3 is 2.80 bits per heavy atom. The lowest BCUT2D eigenvalue weighted by atomic mass is 10.2. The molecule has 20 heavy (non-hydrogen) atoms. The van der Waals surface area contributed by atoms with E-state index in [1.54, 1.807) is 13.0 Å².